The Morgan fingerprint density at radius 1 is 0.750 bits per heavy atom. The number of carbonyl (C=O) groups excluding carboxylic acids is 2. The van der Waals surface area contributed by atoms with Crippen LogP contribution in [0.2, 0.25) is 0 Å². The molecule has 0 bridgehead atoms. The highest BCUT2D eigenvalue weighted by Crippen LogP contribution is 2.32. The summed E-state index contributed by atoms with van der Waals surface area (Å²) in [5.41, 5.74) is 0.703. The van der Waals surface area contributed by atoms with E-state index in [1.165, 1.54) is 24.3 Å². The number of benzene rings is 2. The number of carboxylic acids is 2. The van der Waals surface area contributed by atoms with Crippen LogP contribution in [-0.2, 0) is 28.6 Å². The van der Waals surface area contributed by atoms with Gasteiger partial charge >= 0.3 is 23.9 Å². The second-order valence-electron chi connectivity index (χ2n) is 8.95. The molecule has 1 aliphatic rings. The Hall–Kier alpha value is -4.22. The van der Waals surface area contributed by atoms with Crippen LogP contribution in [0.1, 0.15) is 60.7 Å². The molecule has 3 rings (SSSR count). The van der Waals surface area contributed by atoms with E-state index in [0.717, 1.165) is 44.6 Å². The molecule has 0 aromatic heterocycles. The smallest absolute Gasteiger partial charge is 0.343 e. The van der Waals surface area contributed by atoms with Crippen molar-refractivity contribution in [2.75, 3.05) is 13.2 Å². The van der Waals surface area contributed by atoms with Crippen molar-refractivity contribution in [3.8, 4) is 11.5 Å². The molecule has 11 nitrogen and oxygen atoms in total. The minimum atomic E-state index is -1.63. The van der Waals surface area contributed by atoms with E-state index in [4.69, 9.17) is 33.9 Å². The Morgan fingerprint density at radius 2 is 1.27 bits per heavy atom. The predicted molar refractivity (Wildman–Crippen MR) is 140 cm³/mol. The van der Waals surface area contributed by atoms with Crippen molar-refractivity contribution in [1.82, 2.24) is 0 Å². The third-order valence-electron chi connectivity index (χ3n) is 5.97. The van der Waals surface area contributed by atoms with Crippen LogP contribution in [-0.4, -0.2) is 59.5 Å². The monoisotopic (exact) mass is 556 g/mol. The molecule has 0 radical (unpaired) electrons. The summed E-state index contributed by atoms with van der Waals surface area (Å²) in [4.78, 5) is 45.9. The maximum absolute atomic E-state index is 12.5. The van der Waals surface area contributed by atoms with Crippen LogP contribution < -0.4 is 9.47 Å². The third kappa shape index (κ3) is 9.21. The molecule has 2 aromatic rings. The maximum Gasteiger partial charge on any atom is 0.343 e. The highest BCUT2D eigenvalue weighted by molar-refractivity contribution is 5.91. The molecule has 2 atom stereocenters. The van der Waals surface area contributed by atoms with Gasteiger partial charge in [0.05, 0.1) is 18.8 Å². The minimum Gasteiger partial charge on any atom is -0.494 e. The van der Waals surface area contributed by atoms with Gasteiger partial charge in [-0.2, -0.15) is 0 Å². The predicted octanol–water partition coefficient (Wildman–Crippen LogP) is 4.31. The Bertz CT molecular complexity index is 1140. The molecule has 11 heteroatoms. The topological polar surface area (TPSA) is 155 Å². The number of unbranched alkanes of at least 4 members (excludes halogenated alkanes) is 5. The number of carboxylic acid groups (broad SMARTS) is 2. The lowest BCUT2D eigenvalue weighted by atomic mass is 10.1. The molecule has 1 fully saturated rings. The van der Waals surface area contributed by atoms with Gasteiger partial charge in [-0.3, -0.25) is 0 Å². The molecule has 1 aliphatic heterocycles. The van der Waals surface area contributed by atoms with E-state index < -0.39 is 42.4 Å². The number of aliphatic carboxylic acids is 2. The van der Waals surface area contributed by atoms with E-state index in [1.807, 2.05) is 0 Å². The second-order valence-corrected chi connectivity index (χ2v) is 8.95. The van der Waals surface area contributed by atoms with Crippen LogP contribution in [0.5, 0.6) is 11.5 Å². The fourth-order valence-corrected chi connectivity index (χ4v) is 3.85. The van der Waals surface area contributed by atoms with Gasteiger partial charge in [-0.25, -0.2) is 19.2 Å². The normalized spacial score (nSPS) is 18.1. The van der Waals surface area contributed by atoms with Crippen molar-refractivity contribution in [2.45, 2.75) is 57.0 Å². The van der Waals surface area contributed by atoms with Gasteiger partial charge in [-0.15, -0.1) is 0 Å². The van der Waals surface area contributed by atoms with Gasteiger partial charge in [0.25, 0.3) is 0 Å². The molecule has 0 saturated carbocycles. The number of hydrogen-bond acceptors (Lipinski definition) is 9. The molecule has 0 amide bonds. The van der Waals surface area contributed by atoms with Gasteiger partial charge in [-0.05, 0) is 49.2 Å². The van der Waals surface area contributed by atoms with Crippen LogP contribution in [0.3, 0.4) is 0 Å². The molecule has 2 N–H and O–H groups in total. The molecule has 2 aromatic carbocycles. The molecule has 214 valence electrons. The SMILES string of the molecule is C=CC(=O)OCCCCCCCCOc1ccc(C(=O)Oc2ccc(C3OC(C(=O)O)C(C(=O)O)O3)cc2)cc1. The highest BCUT2D eigenvalue weighted by atomic mass is 16.7. The average molecular weight is 557 g/mol. The first-order chi connectivity index (χ1) is 19.3. The quantitative estimate of drug-likeness (QED) is 0.132. The average Bonchev–Trinajstić information content (AvgIpc) is 3.41. The van der Waals surface area contributed by atoms with E-state index in [2.05, 4.69) is 6.58 Å². The summed E-state index contributed by atoms with van der Waals surface area (Å²) in [6.07, 6.45) is 2.59. The lowest BCUT2D eigenvalue weighted by Crippen LogP contribution is -2.36. The van der Waals surface area contributed by atoms with E-state index >= 15 is 0 Å². The zero-order valence-electron chi connectivity index (χ0n) is 21.9. The van der Waals surface area contributed by atoms with Gasteiger partial charge < -0.3 is 33.9 Å². The highest BCUT2D eigenvalue weighted by Gasteiger charge is 2.46. The van der Waals surface area contributed by atoms with Crippen LogP contribution >= 0.6 is 0 Å². The summed E-state index contributed by atoms with van der Waals surface area (Å²) in [5, 5.41) is 18.3. The van der Waals surface area contributed by atoms with Gasteiger partial charge in [0, 0.05) is 11.6 Å². The van der Waals surface area contributed by atoms with Crippen molar-refractivity contribution >= 4 is 23.9 Å². The minimum absolute atomic E-state index is 0.231. The molecule has 40 heavy (non-hydrogen) atoms. The Labute approximate surface area is 231 Å². The first kappa shape index (κ1) is 30.3. The summed E-state index contributed by atoms with van der Waals surface area (Å²) in [6, 6.07) is 12.5. The molecule has 1 heterocycles. The lowest BCUT2D eigenvalue weighted by Gasteiger charge is -2.11. The van der Waals surface area contributed by atoms with Crippen molar-refractivity contribution in [3.05, 3.63) is 72.3 Å². The zero-order chi connectivity index (χ0) is 28.9. The first-order valence-corrected chi connectivity index (χ1v) is 12.9. The lowest BCUT2D eigenvalue weighted by molar-refractivity contribution is -0.156. The van der Waals surface area contributed by atoms with Crippen molar-refractivity contribution in [2.24, 2.45) is 0 Å². The fourth-order valence-electron chi connectivity index (χ4n) is 3.85. The maximum atomic E-state index is 12.5. The molecule has 0 aliphatic carbocycles. The first-order valence-electron chi connectivity index (χ1n) is 12.9. The number of rotatable bonds is 16. The summed E-state index contributed by atoms with van der Waals surface area (Å²) >= 11 is 0. The molecular formula is C29H32O11. The fraction of sp³-hybridized carbons (Fsp3) is 0.379. The molecular weight excluding hydrogens is 524 g/mol. The summed E-state index contributed by atoms with van der Waals surface area (Å²) in [6.45, 7) is 4.33. The largest absolute Gasteiger partial charge is 0.494 e. The Morgan fingerprint density at radius 3 is 1.82 bits per heavy atom. The van der Waals surface area contributed by atoms with E-state index in [1.54, 1.807) is 24.3 Å². The van der Waals surface area contributed by atoms with Gasteiger partial charge in [-0.1, -0.05) is 44.4 Å². The second kappa shape index (κ2) is 15.4. The van der Waals surface area contributed by atoms with Crippen molar-refractivity contribution in [3.63, 3.8) is 0 Å². The standard InChI is InChI=1S/C29H32O11/c1-2-23(30)37-18-8-6-4-3-5-7-17-36-21-13-9-19(10-14-21)28(35)38-22-15-11-20(12-16-22)29-39-24(26(31)32)25(40-29)27(33)34/h2,9-16,24-25,29H,1,3-8,17-18H2,(H,31,32)(H,33,34). The van der Waals surface area contributed by atoms with Crippen LogP contribution in [0.15, 0.2) is 61.2 Å². The van der Waals surface area contributed by atoms with E-state index in [0.29, 0.717) is 30.1 Å². The molecule has 0 spiro atoms. The number of esters is 2. The van der Waals surface area contributed by atoms with E-state index in [9.17, 15) is 19.2 Å². The van der Waals surface area contributed by atoms with Crippen molar-refractivity contribution < 1.29 is 53.1 Å². The zero-order valence-corrected chi connectivity index (χ0v) is 21.9. The number of ether oxygens (including phenoxy) is 5. The molecule has 1 saturated heterocycles. The van der Waals surface area contributed by atoms with Crippen LogP contribution in [0.25, 0.3) is 0 Å². The van der Waals surface area contributed by atoms with Gasteiger partial charge in [0.1, 0.15) is 11.5 Å². The van der Waals surface area contributed by atoms with Crippen molar-refractivity contribution in [1.29, 1.82) is 0 Å². The number of carbonyl (C=O) groups is 4. The summed E-state index contributed by atoms with van der Waals surface area (Å²) in [5.74, 6) is -2.98. The van der Waals surface area contributed by atoms with E-state index in [-0.39, 0.29) is 5.75 Å². The third-order valence-corrected chi connectivity index (χ3v) is 5.97. The Balaban J connectivity index is 1.36. The Kier molecular flexibility index (Phi) is 11.7. The van der Waals surface area contributed by atoms with Gasteiger partial charge in [0.15, 0.2) is 18.5 Å². The summed E-state index contributed by atoms with van der Waals surface area (Å²) < 4.78 is 26.5. The molecule has 2 unspecified atom stereocenters. The van der Waals surface area contributed by atoms with Crippen LogP contribution in [0, 0.1) is 0 Å². The van der Waals surface area contributed by atoms with Gasteiger partial charge in [0.2, 0.25) is 0 Å². The van der Waals surface area contributed by atoms with Crippen LogP contribution in [0.4, 0.5) is 0 Å². The number of hydrogen-bond donors (Lipinski definition) is 2. The summed E-state index contributed by atoms with van der Waals surface area (Å²) in [7, 11) is 0.